The summed E-state index contributed by atoms with van der Waals surface area (Å²) in [6.07, 6.45) is 2.89. The Morgan fingerprint density at radius 2 is 1.85 bits per heavy atom. The predicted octanol–water partition coefficient (Wildman–Crippen LogP) is 3.42. The number of nitro groups is 1. The summed E-state index contributed by atoms with van der Waals surface area (Å²) in [5.74, 6) is -0.638. The molecule has 5 heteroatoms. The van der Waals surface area contributed by atoms with Crippen molar-refractivity contribution in [3.05, 3.63) is 82.1 Å². The number of rotatable bonds is 4. The van der Waals surface area contributed by atoms with Gasteiger partial charge in [0.25, 0.3) is 5.69 Å². The van der Waals surface area contributed by atoms with E-state index >= 15 is 0 Å². The van der Waals surface area contributed by atoms with Crippen LogP contribution in [0.25, 0.3) is 6.08 Å². The molecule has 0 saturated heterocycles. The van der Waals surface area contributed by atoms with Crippen LogP contribution in [0.2, 0.25) is 0 Å². The maximum absolute atomic E-state index is 11.7. The standard InChI is InChI=1S/C15H11NO4/c17-15(13-7-4-8-14(11-13)16(18)19)20-10-9-12-5-2-1-3-6-12/h1-11H/b10-9+. The lowest BCUT2D eigenvalue weighted by Crippen LogP contribution is -2.01. The lowest BCUT2D eigenvalue weighted by Gasteiger charge is -1.99. The number of ether oxygens (including phenoxy) is 1. The monoisotopic (exact) mass is 269 g/mol. The third-order valence-corrected chi connectivity index (χ3v) is 2.53. The first-order valence-corrected chi connectivity index (χ1v) is 5.84. The molecule has 2 rings (SSSR count). The fraction of sp³-hybridized carbons (Fsp3) is 0. The van der Waals surface area contributed by atoms with Crippen molar-refractivity contribution in [3.63, 3.8) is 0 Å². The highest BCUT2D eigenvalue weighted by Crippen LogP contribution is 2.14. The molecular formula is C15H11NO4. The Kier molecular flexibility index (Phi) is 4.24. The topological polar surface area (TPSA) is 69.4 Å². The second kappa shape index (κ2) is 6.29. The molecule has 0 aliphatic carbocycles. The molecule has 2 aromatic rings. The zero-order valence-corrected chi connectivity index (χ0v) is 10.4. The minimum absolute atomic E-state index is 0.136. The molecule has 20 heavy (non-hydrogen) atoms. The van der Waals surface area contributed by atoms with E-state index in [1.807, 2.05) is 30.3 Å². The van der Waals surface area contributed by atoms with Crippen LogP contribution in [-0.2, 0) is 4.74 Å². The maximum atomic E-state index is 11.7. The molecule has 0 bridgehead atoms. The normalized spacial score (nSPS) is 10.4. The van der Waals surface area contributed by atoms with Crippen LogP contribution in [0.5, 0.6) is 0 Å². The van der Waals surface area contributed by atoms with Crippen LogP contribution in [0, 0.1) is 10.1 Å². The first-order chi connectivity index (χ1) is 9.66. The molecule has 0 fully saturated rings. The van der Waals surface area contributed by atoms with E-state index in [4.69, 9.17) is 4.74 Å². The number of nitro benzene ring substituents is 1. The fourth-order valence-corrected chi connectivity index (χ4v) is 1.55. The van der Waals surface area contributed by atoms with Crippen molar-refractivity contribution in [2.24, 2.45) is 0 Å². The molecule has 0 aromatic heterocycles. The van der Waals surface area contributed by atoms with Crippen molar-refractivity contribution < 1.29 is 14.5 Å². The summed E-state index contributed by atoms with van der Waals surface area (Å²) in [7, 11) is 0. The summed E-state index contributed by atoms with van der Waals surface area (Å²) in [4.78, 5) is 21.8. The van der Waals surface area contributed by atoms with Gasteiger partial charge in [-0.15, -0.1) is 0 Å². The Morgan fingerprint density at radius 3 is 2.55 bits per heavy atom. The van der Waals surface area contributed by atoms with E-state index in [9.17, 15) is 14.9 Å². The molecule has 0 radical (unpaired) electrons. The summed E-state index contributed by atoms with van der Waals surface area (Å²) in [6.45, 7) is 0. The Hall–Kier alpha value is -2.95. The summed E-state index contributed by atoms with van der Waals surface area (Å²) in [6, 6.07) is 14.7. The fourth-order valence-electron chi connectivity index (χ4n) is 1.55. The van der Waals surface area contributed by atoms with Crippen molar-refractivity contribution in [2.45, 2.75) is 0 Å². The van der Waals surface area contributed by atoms with Crippen LogP contribution >= 0.6 is 0 Å². The molecule has 0 saturated carbocycles. The molecule has 5 nitrogen and oxygen atoms in total. The molecule has 0 heterocycles. The van der Waals surface area contributed by atoms with E-state index in [2.05, 4.69) is 0 Å². The quantitative estimate of drug-likeness (QED) is 0.369. The molecule has 0 spiro atoms. The number of hydrogen-bond donors (Lipinski definition) is 0. The molecule has 0 atom stereocenters. The van der Waals surface area contributed by atoms with Crippen LogP contribution in [0.15, 0.2) is 60.9 Å². The maximum Gasteiger partial charge on any atom is 0.343 e. The highest BCUT2D eigenvalue weighted by atomic mass is 16.6. The molecule has 0 amide bonds. The van der Waals surface area contributed by atoms with Gasteiger partial charge in [0.05, 0.1) is 16.7 Å². The van der Waals surface area contributed by atoms with E-state index in [-0.39, 0.29) is 11.3 Å². The summed E-state index contributed by atoms with van der Waals surface area (Å²) >= 11 is 0. The van der Waals surface area contributed by atoms with Crippen LogP contribution in [0.1, 0.15) is 15.9 Å². The zero-order chi connectivity index (χ0) is 14.4. The van der Waals surface area contributed by atoms with Gasteiger partial charge in [0.2, 0.25) is 0 Å². The Morgan fingerprint density at radius 1 is 1.10 bits per heavy atom. The number of esters is 1. The van der Waals surface area contributed by atoms with Gasteiger partial charge in [0, 0.05) is 12.1 Å². The SMILES string of the molecule is O=C(O/C=C/c1ccccc1)c1cccc([N+](=O)[O-])c1. The second-order valence-electron chi connectivity index (χ2n) is 3.93. The lowest BCUT2D eigenvalue weighted by atomic mass is 10.2. The average molecular weight is 269 g/mol. The van der Waals surface area contributed by atoms with Crippen LogP contribution in [0.3, 0.4) is 0 Å². The highest BCUT2D eigenvalue weighted by Gasteiger charge is 2.11. The second-order valence-corrected chi connectivity index (χ2v) is 3.93. The summed E-state index contributed by atoms with van der Waals surface area (Å²) < 4.78 is 4.92. The molecule has 0 aliphatic rings. The number of carbonyl (C=O) groups excluding carboxylic acids is 1. The minimum Gasteiger partial charge on any atom is -0.431 e. The van der Waals surface area contributed by atoms with Gasteiger partial charge >= 0.3 is 5.97 Å². The van der Waals surface area contributed by atoms with Gasteiger partial charge in [0.15, 0.2) is 0 Å². The van der Waals surface area contributed by atoms with Crippen LogP contribution in [-0.4, -0.2) is 10.9 Å². The molecule has 0 aliphatic heterocycles. The Labute approximate surface area is 115 Å². The number of hydrogen-bond acceptors (Lipinski definition) is 4. The molecular weight excluding hydrogens is 258 g/mol. The van der Waals surface area contributed by atoms with Gasteiger partial charge in [-0.1, -0.05) is 36.4 Å². The van der Waals surface area contributed by atoms with Crippen molar-refractivity contribution >= 4 is 17.7 Å². The average Bonchev–Trinajstić information content (AvgIpc) is 2.48. The molecule has 2 aromatic carbocycles. The van der Waals surface area contributed by atoms with Crippen molar-refractivity contribution in [1.29, 1.82) is 0 Å². The Bertz CT molecular complexity index is 650. The van der Waals surface area contributed by atoms with Crippen LogP contribution in [0.4, 0.5) is 5.69 Å². The number of carbonyl (C=O) groups is 1. The van der Waals surface area contributed by atoms with Crippen molar-refractivity contribution in [1.82, 2.24) is 0 Å². The van der Waals surface area contributed by atoms with Gasteiger partial charge in [-0.25, -0.2) is 4.79 Å². The van der Waals surface area contributed by atoms with E-state index in [1.165, 1.54) is 30.5 Å². The van der Waals surface area contributed by atoms with E-state index < -0.39 is 10.9 Å². The summed E-state index contributed by atoms with van der Waals surface area (Å²) in [5, 5.41) is 10.6. The first-order valence-electron chi connectivity index (χ1n) is 5.84. The molecule has 0 N–H and O–H groups in total. The lowest BCUT2D eigenvalue weighted by molar-refractivity contribution is -0.384. The van der Waals surface area contributed by atoms with Crippen LogP contribution < -0.4 is 0 Å². The van der Waals surface area contributed by atoms with Crippen molar-refractivity contribution in [2.75, 3.05) is 0 Å². The predicted molar refractivity (Wildman–Crippen MR) is 74.0 cm³/mol. The zero-order valence-electron chi connectivity index (χ0n) is 10.4. The number of non-ortho nitro benzene ring substituents is 1. The van der Waals surface area contributed by atoms with Crippen molar-refractivity contribution in [3.8, 4) is 0 Å². The van der Waals surface area contributed by atoms with Gasteiger partial charge in [-0.3, -0.25) is 10.1 Å². The summed E-state index contributed by atoms with van der Waals surface area (Å²) in [5.41, 5.74) is 0.878. The smallest absolute Gasteiger partial charge is 0.343 e. The third-order valence-electron chi connectivity index (χ3n) is 2.53. The molecule has 0 unspecified atom stereocenters. The first kappa shape index (κ1) is 13.5. The highest BCUT2D eigenvalue weighted by molar-refractivity contribution is 5.90. The molecule has 100 valence electrons. The van der Waals surface area contributed by atoms with E-state index in [1.54, 1.807) is 6.08 Å². The van der Waals surface area contributed by atoms with Gasteiger partial charge in [-0.2, -0.15) is 0 Å². The van der Waals surface area contributed by atoms with Gasteiger partial charge in [-0.05, 0) is 17.7 Å². The third kappa shape index (κ3) is 3.52. The van der Waals surface area contributed by atoms with Gasteiger partial charge < -0.3 is 4.74 Å². The number of benzene rings is 2. The van der Waals surface area contributed by atoms with Gasteiger partial charge in [0.1, 0.15) is 0 Å². The number of nitrogens with zero attached hydrogens (tertiary/aromatic N) is 1. The van der Waals surface area contributed by atoms with E-state index in [0.717, 1.165) is 5.56 Å². The minimum atomic E-state index is -0.638. The van der Waals surface area contributed by atoms with E-state index in [0.29, 0.717) is 0 Å². The largest absolute Gasteiger partial charge is 0.431 e. The Balaban J connectivity index is 2.04.